The van der Waals surface area contributed by atoms with Gasteiger partial charge in [-0.05, 0) is 30.9 Å². The van der Waals surface area contributed by atoms with Crippen LogP contribution in [0.4, 0.5) is 5.69 Å². The first-order chi connectivity index (χ1) is 8.74. The summed E-state index contributed by atoms with van der Waals surface area (Å²) in [4.78, 5) is 4.62. The lowest BCUT2D eigenvalue weighted by Crippen LogP contribution is -2.10. The number of hydrogen-bond donors (Lipinski definition) is 1. The van der Waals surface area contributed by atoms with Gasteiger partial charge in [-0.3, -0.25) is 4.99 Å². The molecule has 0 aromatic heterocycles. The van der Waals surface area contributed by atoms with E-state index in [2.05, 4.69) is 49.3 Å². The Morgan fingerprint density at radius 1 is 1.39 bits per heavy atom. The highest BCUT2D eigenvalue weighted by Gasteiger charge is 2.19. The van der Waals surface area contributed by atoms with Crippen molar-refractivity contribution in [1.82, 2.24) is 0 Å². The smallest absolute Gasteiger partial charge is 0.161 e. The molecule has 2 rings (SSSR count). The van der Waals surface area contributed by atoms with E-state index in [1.54, 1.807) is 0 Å². The number of amidine groups is 1. The van der Waals surface area contributed by atoms with E-state index in [0.717, 1.165) is 18.1 Å². The second kappa shape index (κ2) is 6.28. The standard InChI is InChI=1S/C15H22N2S/c1-4-7-13-10-16-15(18-13)17-14-11(3)8-6-9-12(14)5-2/h6,8-9,13H,4-5,7,10H2,1-3H3,(H,16,17). The third-order valence-corrected chi connectivity index (χ3v) is 4.47. The lowest BCUT2D eigenvalue weighted by molar-refractivity contribution is 0.754. The second-order valence-electron chi connectivity index (χ2n) is 4.76. The summed E-state index contributed by atoms with van der Waals surface area (Å²) in [6, 6.07) is 6.48. The maximum atomic E-state index is 4.62. The number of aryl methyl sites for hydroxylation is 2. The molecule has 0 saturated heterocycles. The first-order valence-electron chi connectivity index (χ1n) is 6.81. The van der Waals surface area contributed by atoms with Gasteiger partial charge in [0.1, 0.15) is 0 Å². The van der Waals surface area contributed by atoms with E-state index >= 15 is 0 Å². The topological polar surface area (TPSA) is 24.4 Å². The predicted molar refractivity (Wildman–Crippen MR) is 82.8 cm³/mol. The van der Waals surface area contributed by atoms with Crippen molar-refractivity contribution in [3.8, 4) is 0 Å². The zero-order valence-electron chi connectivity index (χ0n) is 11.5. The van der Waals surface area contributed by atoms with E-state index in [0.29, 0.717) is 5.25 Å². The van der Waals surface area contributed by atoms with E-state index in [1.165, 1.54) is 29.7 Å². The minimum absolute atomic E-state index is 0.673. The molecule has 1 heterocycles. The molecule has 0 spiro atoms. The molecule has 1 aliphatic heterocycles. The zero-order chi connectivity index (χ0) is 13.0. The van der Waals surface area contributed by atoms with Crippen LogP contribution < -0.4 is 5.32 Å². The molecule has 2 nitrogen and oxygen atoms in total. The molecule has 1 N–H and O–H groups in total. The highest BCUT2D eigenvalue weighted by molar-refractivity contribution is 8.15. The Kier molecular flexibility index (Phi) is 4.70. The number of rotatable bonds is 4. The maximum absolute atomic E-state index is 4.62. The molecule has 1 atom stereocenters. The minimum Gasteiger partial charge on any atom is -0.335 e. The summed E-state index contributed by atoms with van der Waals surface area (Å²) in [5.41, 5.74) is 3.93. The van der Waals surface area contributed by atoms with Crippen LogP contribution in [0.2, 0.25) is 0 Å². The molecule has 0 saturated carbocycles. The SMILES string of the molecule is CCCC1CN=C(Nc2c(C)cccc2CC)S1. The van der Waals surface area contributed by atoms with Crippen LogP contribution in [0.25, 0.3) is 0 Å². The van der Waals surface area contributed by atoms with E-state index in [-0.39, 0.29) is 0 Å². The highest BCUT2D eigenvalue weighted by Crippen LogP contribution is 2.28. The summed E-state index contributed by atoms with van der Waals surface area (Å²) in [6.07, 6.45) is 3.55. The zero-order valence-corrected chi connectivity index (χ0v) is 12.3. The van der Waals surface area contributed by atoms with Crippen LogP contribution in [-0.4, -0.2) is 17.0 Å². The van der Waals surface area contributed by atoms with Gasteiger partial charge in [0, 0.05) is 10.9 Å². The van der Waals surface area contributed by atoms with Crippen molar-refractivity contribution in [2.75, 3.05) is 11.9 Å². The van der Waals surface area contributed by atoms with Gasteiger partial charge in [-0.2, -0.15) is 0 Å². The molecule has 0 amide bonds. The van der Waals surface area contributed by atoms with Gasteiger partial charge in [-0.1, -0.05) is 50.2 Å². The molecule has 1 unspecified atom stereocenters. The van der Waals surface area contributed by atoms with Crippen LogP contribution in [0.15, 0.2) is 23.2 Å². The number of anilines is 1. The van der Waals surface area contributed by atoms with Crippen LogP contribution in [0.5, 0.6) is 0 Å². The van der Waals surface area contributed by atoms with Gasteiger partial charge < -0.3 is 5.32 Å². The molecular weight excluding hydrogens is 240 g/mol. The van der Waals surface area contributed by atoms with E-state index in [1.807, 2.05) is 11.8 Å². The Balaban J connectivity index is 2.07. The van der Waals surface area contributed by atoms with Crippen molar-refractivity contribution in [3.63, 3.8) is 0 Å². The molecule has 0 radical (unpaired) electrons. The first-order valence-corrected chi connectivity index (χ1v) is 7.69. The van der Waals surface area contributed by atoms with Gasteiger partial charge in [0.25, 0.3) is 0 Å². The first kappa shape index (κ1) is 13.5. The molecule has 0 aliphatic carbocycles. The van der Waals surface area contributed by atoms with Crippen LogP contribution >= 0.6 is 11.8 Å². The molecule has 98 valence electrons. The lowest BCUT2D eigenvalue weighted by atomic mass is 10.1. The predicted octanol–water partition coefficient (Wildman–Crippen LogP) is 4.24. The fourth-order valence-electron chi connectivity index (χ4n) is 2.27. The van der Waals surface area contributed by atoms with E-state index in [9.17, 15) is 0 Å². The Labute approximate surface area is 114 Å². The molecule has 3 heteroatoms. The molecule has 0 fully saturated rings. The maximum Gasteiger partial charge on any atom is 0.161 e. The highest BCUT2D eigenvalue weighted by atomic mass is 32.2. The van der Waals surface area contributed by atoms with Crippen molar-refractivity contribution in [2.45, 2.75) is 45.3 Å². The van der Waals surface area contributed by atoms with Crippen molar-refractivity contribution >= 4 is 22.6 Å². The van der Waals surface area contributed by atoms with Crippen molar-refractivity contribution in [2.24, 2.45) is 4.99 Å². The minimum atomic E-state index is 0.673. The largest absolute Gasteiger partial charge is 0.335 e. The second-order valence-corrected chi connectivity index (χ2v) is 6.05. The summed E-state index contributed by atoms with van der Waals surface area (Å²) in [5, 5.41) is 5.30. The van der Waals surface area contributed by atoms with Crippen molar-refractivity contribution in [1.29, 1.82) is 0 Å². The number of aliphatic imine (C=N–C) groups is 1. The number of nitrogens with one attached hydrogen (secondary N) is 1. The average molecular weight is 262 g/mol. The van der Waals surface area contributed by atoms with Crippen LogP contribution in [0, 0.1) is 6.92 Å². The molecule has 0 bridgehead atoms. The fraction of sp³-hybridized carbons (Fsp3) is 0.533. The molecule has 1 aliphatic rings. The normalized spacial score (nSPS) is 18.8. The molecule has 18 heavy (non-hydrogen) atoms. The lowest BCUT2D eigenvalue weighted by Gasteiger charge is -2.14. The number of thioether (sulfide) groups is 1. The molecular formula is C15H22N2S. The van der Waals surface area contributed by atoms with Crippen molar-refractivity contribution < 1.29 is 0 Å². The Morgan fingerprint density at radius 2 is 2.22 bits per heavy atom. The van der Waals surface area contributed by atoms with Gasteiger partial charge in [0.05, 0.1) is 6.54 Å². The molecule has 1 aromatic rings. The van der Waals surface area contributed by atoms with Crippen LogP contribution in [-0.2, 0) is 6.42 Å². The third kappa shape index (κ3) is 3.08. The summed E-state index contributed by atoms with van der Waals surface area (Å²) in [5.74, 6) is 0. The number of benzene rings is 1. The van der Waals surface area contributed by atoms with E-state index < -0.39 is 0 Å². The fourth-order valence-corrected chi connectivity index (χ4v) is 3.40. The monoisotopic (exact) mass is 262 g/mol. The van der Waals surface area contributed by atoms with Gasteiger partial charge in [0.2, 0.25) is 0 Å². The van der Waals surface area contributed by atoms with Gasteiger partial charge >= 0.3 is 0 Å². The summed E-state index contributed by atoms with van der Waals surface area (Å²) < 4.78 is 0. The Morgan fingerprint density at radius 3 is 2.94 bits per heavy atom. The van der Waals surface area contributed by atoms with Crippen LogP contribution in [0.1, 0.15) is 37.8 Å². The third-order valence-electron chi connectivity index (χ3n) is 3.30. The summed E-state index contributed by atoms with van der Waals surface area (Å²) in [7, 11) is 0. The van der Waals surface area contributed by atoms with E-state index in [4.69, 9.17) is 0 Å². The number of para-hydroxylation sites is 1. The summed E-state index contributed by atoms with van der Waals surface area (Å²) >= 11 is 1.90. The van der Waals surface area contributed by atoms with Gasteiger partial charge in [-0.15, -0.1) is 0 Å². The Hall–Kier alpha value is -0.960. The number of nitrogens with zero attached hydrogens (tertiary/aromatic N) is 1. The average Bonchev–Trinajstić information content (AvgIpc) is 2.80. The summed E-state index contributed by atoms with van der Waals surface area (Å²) in [6.45, 7) is 7.56. The quantitative estimate of drug-likeness (QED) is 0.877. The van der Waals surface area contributed by atoms with Crippen molar-refractivity contribution in [3.05, 3.63) is 29.3 Å². The number of hydrogen-bond acceptors (Lipinski definition) is 3. The Bertz CT molecular complexity index is 440. The van der Waals surface area contributed by atoms with Gasteiger partial charge in [-0.25, -0.2) is 0 Å². The van der Waals surface area contributed by atoms with Gasteiger partial charge in [0.15, 0.2) is 5.17 Å². The van der Waals surface area contributed by atoms with Crippen LogP contribution in [0.3, 0.4) is 0 Å². The molecule has 1 aromatic carbocycles.